The van der Waals surface area contributed by atoms with E-state index in [0.717, 1.165) is 48.7 Å². The number of hydrogen-bond acceptors (Lipinski definition) is 3. The summed E-state index contributed by atoms with van der Waals surface area (Å²) in [7, 11) is 0. The van der Waals surface area contributed by atoms with Gasteiger partial charge in [0.15, 0.2) is 11.6 Å². The Balaban J connectivity index is 1.92. The second kappa shape index (κ2) is 12.2. The standard InChI is InChI=1S/C28H18ClF8N3O2/c29-17-5-7-24(38-14-17)27(13-15-4-6-22(32)23(33)8-15,40-26(41)39-20-3-1-2-18(30)11-20)16-9-19(31)12-21(10-16)42-28(36,37)25(34)35/h1-12,14,25H,13H2,(H2,39,40,41)/t27-/m0/s1. The third-order valence-corrected chi connectivity index (χ3v) is 6.12. The van der Waals surface area contributed by atoms with Gasteiger partial charge in [-0.25, -0.2) is 22.4 Å². The minimum atomic E-state index is -5.02. The molecule has 0 aliphatic heterocycles. The summed E-state index contributed by atoms with van der Waals surface area (Å²) >= 11 is 5.96. The number of hydrogen-bond donors (Lipinski definition) is 2. The van der Waals surface area contributed by atoms with E-state index in [1.807, 2.05) is 0 Å². The second-order valence-corrected chi connectivity index (χ2v) is 9.36. The zero-order valence-electron chi connectivity index (χ0n) is 21.0. The van der Waals surface area contributed by atoms with Crippen molar-refractivity contribution in [2.45, 2.75) is 24.5 Å². The summed E-state index contributed by atoms with van der Waals surface area (Å²) in [5.41, 5.74) is -2.63. The number of aromatic nitrogens is 1. The first-order valence-corrected chi connectivity index (χ1v) is 12.2. The molecule has 0 bridgehead atoms. The lowest BCUT2D eigenvalue weighted by Gasteiger charge is -2.36. The Hall–Kier alpha value is -4.39. The van der Waals surface area contributed by atoms with Crippen LogP contribution in [-0.2, 0) is 12.0 Å². The fourth-order valence-corrected chi connectivity index (χ4v) is 4.21. The summed E-state index contributed by atoms with van der Waals surface area (Å²) in [5.74, 6) is -5.49. The molecule has 220 valence electrons. The summed E-state index contributed by atoms with van der Waals surface area (Å²) in [5, 5.41) is 4.99. The van der Waals surface area contributed by atoms with Crippen LogP contribution in [0.3, 0.4) is 0 Å². The van der Waals surface area contributed by atoms with Crippen molar-refractivity contribution in [3.8, 4) is 5.75 Å². The average molecular weight is 616 g/mol. The Morgan fingerprint density at radius 1 is 0.905 bits per heavy atom. The van der Waals surface area contributed by atoms with Gasteiger partial charge in [-0.05, 0) is 65.7 Å². The number of benzene rings is 3. The van der Waals surface area contributed by atoms with Crippen molar-refractivity contribution >= 4 is 23.3 Å². The molecule has 2 amide bonds. The Labute approximate surface area is 238 Å². The quantitative estimate of drug-likeness (QED) is 0.189. The van der Waals surface area contributed by atoms with Gasteiger partial charge in [-0.3, -0.25) is 4.98 Å². The van der Waals surface area contributed by atoms with Crippen molar-refractivity contribution < 1.29 is 44.7 Å². The summed E-state index contributed by atoms with van der Waals surface area (Å²) in [6.07, 6.45) is -8.69. The molecule has 1 heterocycles. The molecule has 2 N–H and O–H groups in total. The van der Waals surface area contributed by atoms with Crippen molar-refractivity contribution in [1.82, 2.24) is 10.3 Å². The molecule has 1 aromatic heterocycles. The van der Waals surface area contributed by atoms with Gasteiger partial charge in [0.2, 0.25) is 0 Å². The lowest BCUT2D eigenvalue weighted by atomic mass is 9.80. The highest BCUT2D eigenvalue weighted by Gasteiger charge is 2.45. The van der Waals surface area contributed by atoms with Gasteiger partial charge in [0.1, 0.15) is 22.9 Å². The minimum absolute atomic E-state index is 0.00125. The zero-order valence-corrected chi connectivity index (χ0v) is 21.7. The summed E-state index contributed by atoms with van der Waals surface area (Å²) in [6.45, 7) is 0. The fraction of sp³-hybridized carbons (Fsp3) is 0.143. The van der Waals surface area contributed by atoms with Crippen LogP contribution in [0.25, 0.3) is 0 Å². The van der Waals surface area contributed by atoms with E-state index in [1.54, 1.807) is 0 Å². The van der Waals surface area contributed by atoms with Crippen LogP contribution in [0, 0.1) is 23.3 Å². The molecule has 0 spiro atoms. The maximum Gasteiger partial charge on any atom is 0.461 e. The maximum absolute atomic E-state index is 14.9. The highest BCUT2D eigenvalue weighted by Crippen LogP contribution is 2.37. The summed E-state index contributed by atoms with van der Waals surface area (Å²) in [4.78, 5) is 17.4. The van der Waals surface area contributed by atoms with Crippen LogP contribution in [0.15, 0.2) is 79.0 Å². The number of urea groups is 1. The van der Waals surface area contributed by atoms with E-state index in [1.165, 1.54) is 24.3 Å². The van der Waals surface area contributed by atoms with Crippen LogP contribution in [0.2, 0.25) is 5.02 Å². The molecule has 4 rings (SSSR count). The number of nitrogens with one attached hydrogen (secondary N) is 2. The number of ether oxygens (including phenoxy) is 1. The molecule has 0 fully saturated rings. The lowest BCUT2D eigenvalue weighted by Crippen LogP contribution is -2.50. The van der Waals surface area contributed by atoms with Gasteiger partial charge in [-0.15, -0.1) is 0 Å². The Bertz CT molecular complexity index is 1590. The molecule has 0 saturated carbocycles. The van der Waals surface area contributed by atoms with Crippen molar-refractivity contribution in [3.05, 3.63) is 124 Å². The first kappa shape index (κ1) is 30.6. The minimum Gasteiger partial charge on any atom is -0.428 e. The first-order valence-electron chi connectivity index (χ1n) is 11.8. The molecule has 0 saturated heterocycles. The number of carbonyl (C=O) groups is 1. The highest BCUT2D eigenvalue weighted by molar-refractivity contribution is 6.30. The number of rotatable bonds is 9. The normalized spacial score (nSPS) is 13.0. The topological polar surface area (TPSA) is 63.2 Å². The monoisotopic (exact) mass is 615 g/mol. The van der Waals surface area contributed by atoms with Crippen LogP contribution in [0.5, 0.6) is 5.75 Å². The number of pyridine rings is 1. The van der Waals surface area contributed by atoms with Gasteiger partial charge in [0.05, 0.1) is 10.7 Å². The molecular formula is C28H18ClF8N3O2. The predicted molar refractivity (Wildman–Crippen MR) is 137 cm³/mol. The first-order chi connectivity index (χ1) is 19.8. The van der Waals surface area contributed by atoms with E-state index >= 15 is 0 Å². The van der Waals surface area contributed by atoms with Gasteiger partial charge < -0.3 is 15.4 Å². The largest absolute Gasteiger partial charge is 0.461 e. The molecule has 0 radical (unpaired) electrons. The van der Waals surface area contributed by atoms with Crippen molar-refractivity contribution in [3.63, 3.8) is 0 Å². The Morgan fingerprint density at radius 3 is 2.31 bits per heavy atom. The third kappa shape index (κ3) is 7.08. The SMILES string of the molecule is O=C(Nc1cccc(F)c1)N[C@@](Cc1ccc(F)c(F)c1)(c1cc(F)cc(OC(F)(F)C(F)F)c1)c1ccc(Cl)cn1. The average Bonchev–Trinajstić information content (AvgIpc) is 2.90. The summed E-state index contributed by atoms with van der Waals surface area (Å²) < 4.78 is 114. The molecule has 1 atom stereocenters. The Kier molecular flexibility index (Phi) is 8.90. The van der Waals surface area contributed by atoms with E-state index in [2.05, 4.69) is 20.4 Å². The molecule has 5 nitrogen and oxygen atoms in total. The number of nitrogens with zero attached hydrogens (tertiary/aromatic N) is 1. The number of halogens is 9. The van der Waals surface area contributed by atoms with Gasteiger partial charge in [-0.2, -0.15) is 17.6 Å². The predicted octanol–water partition coefficient (Wildman–Crippen LogP) is 7.84. The highest BCUT2D eigenvalue weighted by atomic mass is 35.5. The van der Waals surface area contributed by atoms with Crippen LogP contribution < -0.4 is 15.4 Å². The molecule has 0 aliphatic rings. The molecule has 14 heteroatoms. The molecule has 42 heavy (non-hydrogen) atoms. The number of alkyl halides is 4. The molecule has 0 unspecified atom stereocenters. The molecule has 3 aromatic carbocycles. The second-order valence-electron chi connectivity index (χ2n) is 8.92. The lowest BCUT2D eigenvalue weighted by molar-refractivity contribution is -0.253. The van der Waals surface area contributed by atoms with Gasteiger partial charge in [0.25, 0.3) is 0 Å². The van der Waals surface area contributed by atoms with Crippen LogP contribution >= 0.6 is 11.6 Å². The van der Waals surface area contributed by atoms with E-state index in [-0.39, 0.29) is 27.5 Å². The zero-order chi connectivity index (χ0) is 30.7. The molecular weight excluding hydrogens is 598 g/mol. The van der Waals surface area contributed by atoms with Gasteiger partial charge in [-0.1, -0.05) is 23.7 Å². The van der Waals surface area contributed by atoms with E-state index < -0.39 is 59.5 Å². The van der Waals surface area contributed by atoms with Crippen molar-refractivity contribution in [2.24, 2.45) is 0 Å². The molecule has 0 aliphatic carbocycles. The van der Waals surface area contributed by atoms with Crippen LogP contribution in [-0.4, -0.2) is 23.5 Å². The van der Waals surface area contributed by atoms with E-state index in [0.29, 0.717) is 6.07 Å². The van der Waals surface area contributed by atoms with E-state index in [4.69, 9.17) is 11.6 Å². The van der Waals surface area contributed by atoms with Gasteiger partial charge >= 0.3 is 18.6 Å². The van der Waals surface area contributed by atoms with Crippen LogP contribution in [0.1, 0.15) is 16.8 Å². The van der Waals surface area contributed by atoms with Crippen molar-refractivity contribution in [2.75, 3.05) is 5.32 Å². The number of amides is 2. The maximum atomic E-state index is 14.9. The third-order valence-electron chi connectivity index (χ3n) is 5.90. The van der Waals surface area contributed by atoms with Crippen molar-refractivity contribution in [1.29, 1.82) is 0 Å². The fourth-order valence-electron chi connectivity index (χ4n) is 4.10. The Morgan fingerprint density at radius 2 is 1.67 bits per heavy atom. The number of carbonyl (C=O) groups excluding carboxylic acids is 1. The van der Waals surface area contributed by atoms with E-state index in [9.17, 15) is 39.9 Å². The smallest absolute Gasteiger partial charge is 0.428 e. The molecule has 4 aromatic rings. The summed E-state index contributed by atoms with van der Waals surface area (Å²) in [6, 6.07) is 10.8. The van der Waals surface area contributed by atoms with Crippen LogP contribution in [0.4, 0.5) is 45.6 Å². The number of anilines is 1. The van der Waals surface area contributed by atoms with Gasteiger partial charge in [0, 0.05) is 24.4 Å².